The number of hydrogen-bond donors (Lipinski definition) is 2. The summed E-state index contributed by atoms with van der Waals surface area (Å²) in [7, 11) is 0. The zero-order valence-electron chi connectivity index (χ0n) is 11.8. The lowest BCUT2D eigenvalue weighted by Crippen LogP contribution is -2.15. The number of H-pyrrole nitrogens is 1. The van der Waals surface area contributed by atoms with Gasteiger partial charge in [-0.05, 0) is 32.3 Å². The molecule has 4 heteroatoms. The van der Waals surface area contributed by atoms with Crippen LogP contribution in [0.25, 0.3) is 0 Å². The second-order valence-electron chi connectivity index (χ2n) is 5.57. The molecule has 1 fully saturated rings. The van der Waals surface area contributed by atoms with Crippen LogP contribution in [0.1, 0.15) is 48.7 Å². The van der Waals surface area contributed by atoms with Crippen molar-refractivity contribution < 1.29 is 0 Å². The van der Waals surface area contributed by atoms with E-state index < -0.39 is 0 Å². The third kappa shape index (κ3) is 2.90. The molecule has 1 aromatic heterocycles. The van der Waals surface area contributed by atoms with Crippen LogP contribution in [-0.2, 0) is 0 Å². The molecule has 20 heavy (non-hydrogen) atoms. The Kier molecular flexibility index (Phi) is 3.30. The van der Waals surface area contributed by atoms with Crippen LogP contribution in [0.15, 0.2) is 35.1 Å². The van der Waals surface area contributed by atoms with Crippen molar-refractivity contribution in [2.24, 2.45) is 0 Å². The quantitative estimate of drug-likeness (QED) is 0.896. The molecule has 0 spiro atoms. The second-order valence-corrected chi connectivity index (χ2v) is 5.57. The van der Waals surface area contributed by atoms with Crippen LogP contribution >= 0.6 is 0 Å². The molecule has 0 radical (unpaired) electrons. The van der Waals surface area contributed by atoms with Crippen molar-refractivity contribution in [1.29, 1.82) is 0 Å². The molecule has 3 rings (SSSR count). The summed E-state index contributed by atoms with van der Waals surface area (Å²) in [6.45, 7) is 4.15. The highest BCUT2D eigenvalue weighted by molar-refractivity contribution is 5.38. The Morgan fingerprint density at radius 3 is 2.65 bits per heavy atom. The molecule has 4 nitrogen and oxygen atoms in total. The molecule has 1 aromatic carbocycles. The normalized spacial score (nSPS) is 15.9. The van der Waals surface area contributed by atoms with Gasteiger partial charge in [0.1, 0.15) is 11.6 Å². The first-order valence-corrected chi connectivity index (χ1v) is 7.06. The predicted octanol–water partition coefficient (Wildman–Crippen LogP) is 3.13. The molecule has 1 aliphatic carbocycles. The van der Waals surface area contributed by atoms with Gasteiger partial charge in [-0.3, -0.25) is 4.79 Å². The summed E-state index contributed by atoms with van der Waals surface area (Å²) in [6, 6.07) is 10.0. The van der Waals surface area contributed by atoms with Crippen molar-refractivity contribution in [3.63, 3.8) is 0 Å². The summed E-state index contributed by atoms with van der Waals surface area (Å²) < 4.78 is 0. The van der Waals surface area contributed by atoms with Crippen molar-refractivity contribution in [3.8, 4) is 0 Å². The van der Waals surface area contributed by atoms with Crippen molar-refractivity contribution in [2.75, 3.05) is 5.32 Å². The summed E-state index contributed by atoms with van der Waals surface area (Å²) in [5, 5.41) is 3.31. The van der Waals surface area contributed by atoms with Crippen molar-refractivity contribution in [3.05, 3.63) is 57.6 Å². The number of nitrogens with one attached hydrogen (secondary N) is 2. The number of benzene rings is 1. The van der Waals surface area contributed by atoms with Crippen molar-refractivity contribution in [1.82, 2.24) is 9.97 Å². The van der Waals surface area contributed by atoms with Gasteiger partial charge in [-0.15, -0.1) is 0 Å². The third-order valence-corrected chi connectivity index (χ3v) is 3.67. The summed E-state index contributed by atoms with van der Waals surface area (Å²) in [6.07, 6.45) is 2.25. The number of aromatic amines is 1. The van der Waals surface area contributed by atoms with Crippen LogP contribution in [0.3, 0.4) is 0 Å². The Hall–Kier alpha value is -2.10. The molecule has 1 saturated carbocycles. The SMILES string of the molecule is Cc1ccc(C(C)Nc2cc(=O)[nH]c(C3CC3)n2)cc1. The van der Waals surface area contributed by atoms with Gasteiger partial charge in [0.15, 0.2) is 0 Å². The first-order chi connectivity index (χ1) is 9.61. The molecule has 2 aromatic rings. The van der Waals surface area contributed by atoms with Crippen LogP contribution in [0, 0.1) is 6.92 Å². The van der Waals surface area contributed by atoms with E-state index in [-0.39, 0.29) is 11.6 Å². The van der Waals surface area contributed by atoms with Gasteiger partial charge in [-0.25, -0.2) is 4.98 Å². The van der Waals surface area contributed by atoms with E-state index in [2.05, 4.69) is 53.4 Å². The van der Waals surface area contributed by atoms with E-state index >= 15 is 0 Å². The van der Waals surface area contributed by atoms with Crippen LogP contribution < -0.4 is 10.9 Å². The largest absolute Gasteiger partial charge is 0.363 e. The second kappa shape index (κ2) is 5.12. The summed E-state index contributed by atoms with van der Waals surface area (Å²) in [5.74, 6) is 1.92. The van der Waals surface area contributed by atoms with Crippen molar-refractivity contribution >= 4 is 5.82 Å². The van der Waals surface area contributed by atoms with Crippen LogP contribution in [0.5, 0.6) is 0 Å². The van der Waals surface area contributed by atoms with E-state index in [1.807, 2.05) is 0 Å². The molecule has 1 heterocycles. The molecule has 0 bridgehead atoms. The van der Waals surface area contributed by atoms with E-state index in [0.29, 0.717) is 11.7 Å². The topological polar surface area (TPSA) is 57.8 Å². The van der Waals surface area contributed by atoms with E-state index in [1.165, 1.54) is 17.2 Å². The number of nitrogens with zero attached hydrogens (tertiary/aromatic N) is 1. The van der Waals surface area contributed by atoms with Gasteiger partial charge in [0.2, 0.25) is 0 Å². The number of anilines is 1. The minimum atomic E-state index is -0.0829. The van der Waals surface area contributed by atoms with Gasteiger partial charge in [0.25, 0.3) is 5.56 Å². The van der Waals surface area contributed by atoms with E-state index in [1.54, 1.807) is 0 Å². The fraction of sp³-hybridized carbons (Fsp3) is 0.375. The van der Waals surface area contributed by atoms with Gasteiger partial charge < -0.3 is 10.3 Å². The fourth-order valence-electron chi connectivity index (χ4n) is 2.26. The molecule has 1 atom stereocenters. The zero-order valence-corrected chi connectivity index (χ0v) is 11.8. The standard InChI is InChI=1S/C16H19N3O/c1-10-3-5-12(6-4-10)11(2)17-14-9-15(20)19-16(18-14)13-7-8-13/h3-6,9,11,13H,7-8H2,1-2H3,(H2,17,18,19,20). The first kappa shape index (κ1) is 12.9. The fourth-order valence-corrected chi connectivity index (χ4v) is 2.26. The van der Waals surface area contributed by atoms with Crippen LogP contribution in [-0.4, -0.2) is 9.97 Å². The van der Waals surface area contributed by atoms with Gasteiger partial charge in [-0.1, -0.05) is 29.8 Å². The average Bonchev–Trinajstić information content (AvgIpc) is 3.23. The molecule has 0 aliphatic heterocycles. The van der Waals surface area contributed by atoms with E-state index in [0.717, 1.165) is 18.7 Å². The molecule has 0 saturated heterocycles. The van der Waals surface area contributed by atoms with Gasteiger partial charge in [-0.2, -0.15) is 0 Å². The highest BCUT2D eigenvalue weighted by Gasteiger charge is 2.26. The highest BCUT2D eigenvalue weighted by Crippen LogP contribution is 2.37. The Balaban J connectivity index is 1.79. The molecular weight excluding hydrogens is 250 g/mol. The van der Waals surface area contributed by atoms with Crippen molar-refractivity contribution in [2.45, 2.75) is 38.6 Å². The van der Waals surface area contributed by atoms with Crippen LogP contribution in [0.4, 0.5) is 5.82 Å². The number of aromatic nitrogens is 2. The molecule has 104 valence electrons. The minimum absolute atomic E-state index is 0.0829. The molecular formula is C16H19N3O. The minimum Gasteiger partial charge on any atom is -0.363 e. The summed E-state index contributed by atoms with van der Waals surface area (Å²) in [5.41, 5.74) is 2.34. The number of aryl methyl sites for hydroxylation is 1. The third-order valence-electron chi connectivity index (χ3n) is 3.67. The Bertz CT molecular complexity index is 656. The smallest absolute Gasteiger partial charge is 0.252 e. The number of hydrogen-bond acceptors (Lipinski definition) is 3. The molecule has 2 N–H and O–H groups in total. The monoisotopic (exact) mass is 269 g/mol. The average molecular weight is 269 g/mol. The molecule has 1 aliphatic rings. The highest BCUT2D eigenvalue weighted by atomic mass is 16.1. The summed E-state index contributed by atoms with van der Waals surface area (Å²) >= 11 is 0. The van der Waals surface area contributed by atoms with Crippen LogP contribution in [0.2, 0.25) is 0 Å². The Morgan fingerprint density at radius 1 is 1.30 bits per heavy atom. The predicted molar refractivity (Wildman–Crippen MR) is 80.0 cm³/mol. The Labute approximate surface area is 118 Å². The lowest BCUT2D eigenvalue weighted by molar-refractivity contribution is 0.847. The molecule has 1 unspecified atom stereocenters. The number of rotatable bonds is 4. The van der Waals surface area contributed by atoms with E-state index in [9.17, 15) is 4.79 Å². The maximum absolute atomic E-state index is 11.7. The lowest BCUT2D eigenvalue weighted by Gasteiger charge is -2.15. The van der Waals surface area contributed by atoms with Gasteiger partial charge >= 0.3 is 0 Å². The lowest BCUT2D eigenvalue weighted by atomic mass is 10.1. The summed E-state index contributed by atoms with van der Waals surface area (Å²) in [4.78, 5) is 19.0. The zero-order chi connectivity index (χ0) is 14.1. The maximum Gasteiger partial charge on any atom is 0.252 e. The van der Waals surface area contributed by atoms with Gasteiger partial charge in [0, 0.05) is 18.0 Å². The molecule has 0 amide bonds. The maximum atomic E-state index is 11.7. The Morgan fingerprint density at radius 2 is 2.00 bits per heavy atom. The first-order valence-electron chi connectivity index (χ1n) is 7.06. The van der Waals surface area contributed by atoms with Gasteiger partial charge in [0.05, 0.1) is 0 Å². The van der Waals surface area contributed by atoms with E-state index in [4.69, 9.17) is 0 Å².